The van der Waals surface area contributed by atoms with Crippen molar-refractivity contribution in [2.45, 2.75) is 27.2 Å². The van der Waals surface area contributed by atoms with Crippen molar-refractivity contribution in [1.82, 2.24) is 0 Å². The van der Waals surface area contributed by atoms with Crippen LogP contribution in [0.2, 0.25) is 0 Å². The molecule has 0 fully saturated rings. The fourth-order valence-electron chi connectivity index (χ4n) is 1.37. The third-order valence-corrected chi connectivity index (χ3v) is 3.02. The largest absolute Gasteiger partial charge is 0.126 e. The Kier molecular flexibility index (Phi) is 3.38. The van der Waals surface area contributed by atoms with Gasteiger partial charge in [0.25, 0.3) is 0 Å². The van der Waals surface area contributed by atoms with E-state index >= 15 is 0 Å². The highest BCUT2D eigenvalue weighted by molar-refractivity contribution is 6.18. The molecule has 0 saturated carbocycles. The summed E-state index contributed by atoms with van der Waals surface area (Å²) in [6.07, 6.45) is 1.06. The van der Waals surface area contributed by atoms with Gasteiger partial charge in [0.15, 0.2) is 0 Å². The lowest BCUT2D eigenvalue weighted by molar-refractivity contribution is 0.417. The Labute approximate surface area is 85.9 Å². The van der Waals surface area contributed by atoms with E-state index in [2.05, 4.69) is 45.0 Å². The van der Waals surface area contributed by atoms with Gasteiger partial charge < -0.3 is 0 Å². The van der Waals surface area contributed by atoms with E-state index in [1.165, 1.54) is 11.1 Å². The monoisotopic (exact) mass is 196 g/mol. The molecule has 0 heterocycles. The van der Waals surface area contributed by atoms with Gasteiger partial charge in [-0.2, -0.15) is 0 Å². The summed E-state index contributed by atoms with van der Waals surface area (Å²) < 4.78 is 0. The maximum atomic E-state index is 5.90. The second-order valence-electron chi connectivity index (χ2n) is 4.40. The molecule has 1 aromatic rings. The van der Waals surface area contributed by atoms with Gasteiger partial charge in [-0.15, -0.1) is 11.6 Å². The number of alkyl halides is 1. The van der Waals surface area contributed by atoms with Gasteiger partial charge >= 0.3 is 0 Å². The zero-order valence-corrected chi connectivity index (χ0v) is 9.36. The van der Waals surface area contributed by atoms with Crippen molar-refractivity contribution in [1.29, 1.82) is 0 Å². The zero-order chi connectivity index (χ0) is 9.90. The first kappa shape index (κ1) is 10.6. The first-order chi connectivity index (χ1) is 6.05. The van der Waals surface area contributed by atoms with Crippen LogP contribution in [-0.2, 0) is 6.42 Å². The highest BCUT2D eigenvalue weighted by atomic mass is 35.5. The van der Waals surface area contributed by atoms with Gasteiger partial charge in [-0.3, -0.25) is 0 Å². The lowest BCUT2D eigenvalue weighted by atomic mass is 9.86. The Bertz CT molecular complexity index is 276. The number of hydrogen-bond donors (Lipinski definition) is 0. The van der Waals surface area contributed by atoms with Crippen molar-refractivity contribution in [2.75, 3.05) is 5.88 Å². The molecule has 0 radical (unpaired) electrons. The number of aryl methyl sites for hydroxylation is 1. The molecule has 0 spiro atoms. The van der Waals surface area contributed by atoms with Crippen LogP contribution in [0.1, 0.15) is 25.0 Å². The highest BCUT2D eigenvalue weighted by Gasteiger charge is 2.17. The number of hydrogen-bond acceptors (Lipinski definition) is 0. The first-order valence-electron chi connectivity index (χ1n) is 4.66. The fourth-order valence-corrected chi connectivity index (χ4v) is 1.47. The SMILES string of the molecule is Cc1ccccc1CC(C)(C)CCl. The minimum atomic E-state index is 0.202. The van der Waals surface area contributed by atoms with Crippen LogP contribution in [0, 0.1) is 12.3 Å². The van der Waals surface area contributed by atoms with Crippen molar-refractivity contribution in [3.63, 3.8) is 0 Å². The van der Waals surface area contributed by atoms with Crippen LogP contribution in [0.25, 0.3) is 0 Å². The minimum absolute atomic E-state index is 0.202. The van der Waals surface area contributed by atoms with E-state index in [9.17, 15) is 0 Å². The summed E-state index contributed by atoms with van der Waals surface area (Å²) in [6, 6.07) is 8.50. The molecule has 13 heavy (non-hydrogen) atoms. The minimum Gasteiger partial charge on any atom is -0.126 e. The smallest absolute Gasteiger partial charge is 0.0277 e. The van der Waals surface area contributed by atoms with E-state index < -0.39 is 0 Å². The van der Waals surface area contributed by atoms with E-state index in [4.69, 9.17) is 11.6 Å². The van der Waals surface area contributed by atoms with E-state index in [0.717, 1.165) is 6.42 Å². The normalized spacial score (nSPS) is 11.7. The summed E-state index contributed by atoms with van der Waals surface area (Å²) in [5.41, 5.74) is 2.97. The van der Waals surface area contributed by atoms with E-state index in [1.807, 2.05) is 0 Å². The number of halogens is 1. The Morgan fingerprint density at radius 2 is 1.85 bits per heavy atom. The zero-order valence-electron chi connectivity index (χ0n) is 8.60. The van der Waals surface area contributed by atoms with Crippen molar-refractivity contribution >= 4 is 11.6 Å². The molecule has 72 valence electrons. The highest BCUT2D eigenvalue weighted by Crippen LogP contribution is 2.24. The summed E-state index contributed by atoms with van der Waals surface area (Å²) in [7, 11) is 0. The van der Waals surface area contributed by atoms with Crippen LogP contribution >= 0.6 is 11.6 Å². The van der Waals surface area contributed by atoms with Crippen LogP contribution in [0.15, 0.2) is 24.3 Å². The Morgan fingerprint density at radius 1 is 1.23 bits per heavy atom. The Morgan fingerprint density at radius 3 is 2.38 bits per heavy atom. The van der Waals surface area contributed by atoms with Crippen LogP contribution in [0.4, 0.5) is 0 Å². The lowest BCUT2D eigenvalue weighted by Gasteiger charge is -2.22. The molecular formula is C12H17Cl. The van der Waals surface area contributed by atoms with Gasteiger partial charge in [0.2, 0.25) is 0 Å². The summed E-state index contributed by atoms with van der Waals surface area (Å²) in [6.45, 7) is 6.55. The van der Waals surface area contributed by atoms with Crippen LogP contribution in [0.5, 0.6) is 0 Å². The van der Waals surface area contributed by atoms with Crippen molar-refractivity contribution in [2.24, 2.45) is 5.41 Å². The molecule has 0 atom stereocenters. The molecule has 0 saturated heterocycles. The maximum absolute atomic E-state index is 5.90. The van der Waals surface area contributed by atoms with E-state index in [0.29, 0.717) is 5.88 Å². The third-order valence-electron chi connectivity index (χ3n) is 2.29. The topological polar surface area (TPSA) is 0 Å². The molecule has 0 aliphatic carbocycles. The molecule has 1 aromatic carbocycles. The molecule has 0 nitrogen and oxygen atoms in total. The third kappa shape index (κ3) is 3.04. The Hall–Kier alpha value is -0.490. The Balaban J connectivity index is 2.80. The lowest BCUT2D eigenvalue weighted by Crippen LogP contribution is -2.17. The molecule has 0 aliphatic rings. The van der Waals surface area contributed by atoms with E-state index in [-0.39, 0.29) is 5.41 Å². The molecule has 1 heteroatoms. The predicted molar refractivity (Wildman–Crippen MR) is 59.4 cm³/mol. The van der Waals surface area contributed by atoms with Gasteiger partial charge in [0, 0.05) is 5.88 Å². The number of rotatable bonds is 3. The summed E-state index contributed by atoms with van der Waals surface area (Å²) in [5, 5.41) is 0. The molecule has 0 aromatic heterocycles. The van der Waals surface area contributed by atoms with Crippen molar-refractivity contribution in [3.8, 4) is 0 Å². The molecule has 0 N–H and O–H groups in total. The summed E-state index contributed by atoms with van der Waals surface area (Å²) in [4.78, 5) is 0. The van der Waals surface area contributed by atoms with Crippen molar-refractivity contribution in [3.05, 3.63) is 35.4 Å². The maximum Gasteiger partial charge on any atom is 0.0277 e. The number of benzene rings is 1. The molecule has 0 bridgehead atoms. The molecule has 0 amide bonds. The van der Waals surface area contributed by atoms with Gasteiger partial charge in [0.05, 0.1) is 0 Å². The average Bonchev–Trinajstić information content (AvgIpc) is 2.09. The van der Waals surface area contributed by atoms with Gasteiger partial charge in [-0.05, 0) is 29.9 Å². The molecule has 1 rings (SSSR count). The van der Waals surface area contributed by atoms with Crippen LogP contribution < -0.4 is 0 Å². The van der Waals surface area contributed by atoms with Gasteiger partial charge in [0.1, 0.15) is 0 Å². The standard InChI is InChI=1S/C12H17Cl/c1-10-6-4-5-7-11(10)8-12(2,3)9-13/h4-7H,8-9H2,1-3H3. The first-order valence-corrected chi connectivity index (χ1v) is 5.19. The molecule has 0 unspecified atom stereocenters. The fraction of sp³-hybridized carbons (Fsp3) is 0.500. The molecule has 0 aliphatic heterocycles. The predicted octanol–water partition coefficient (Wildman–Crippen LogP) is 3.80. The second kappa shape index (κ2) is 4.15. The van der Waals surface area contributed by atoms with Crippen LogP contribution in [0.3, 0.4) is 0 Å². The summed E-state index contributed by atoms with van der Waals surface area (Å²) >= 11 is 5.90. The average molecular weight is 197 g/mol. The van der Waals surface area contributed by atoms with E-state index in [1.54, 1.807) is 0 Å². The molecular weight excluding hydrogens is 180 g/mol. The van der Waals surface area contributed by atoms with Gasteiger partial charge in [-0.1, -0.05) is 38.1 Å². The quantitative estimate of drug-likeness (QED) is 0.646. The van der Waals surface area contributed by atoms with Crippen LogP contribution in [-0.4, -0.2) is 5.88 Å². The van der Waals surface area contributed by atoms with Crippen molar-refractivity contribution < 1.29 is 0 Å². The van der Waals surface area contributed by atoms with Gasteiger partial charge in [-0.25, -0.2) is 0 Å². The summed E-state index contributed by atoms with van der Waals surface area (Å²) in [5.74, 6) is 0.710. The second-order valence-corrected chi connectivity index (χ2v) is 4.67.